The molecule has 140 valence electrons. The van der Waals surface area contributed by atoms with E-state index in [-0.39, 0.29) is 16.4 Å². The van der Waals surface area contributed by atoms with Crippen LogP contribution in [0.25, 0.3) is 0 Å². The van der Waals surface area contributed by atoms with E-state index >= 15 is 0 Å². The van der Waals surface area contributed by atoms with E-state index in [2.05, 4.69) is 38.4 Å². The Kier molecular flexibility index (Phi) is 13.5. The van der Waals surface area contributed by atoms with Gasteiger partial charge in [-0.25, -0.2) is 8.42 Å². The van der Waals surface area contributed by atoms with Crippen LogP contribution < -0.4 is 0 Å². The van der Waals surface area contributed by atoms with E-state index in [9.17, 15) is 8.42 Å². The first-order valence-electron chi connectivity index (χ1n) is 9.48. The van der Waals surface area contributed by atoms with Crippen molar-refractivity contribution in [3.8, 4) is 0 Å². The molecular formula is C18H39NO2S2. The van der Waals surface area contributed by atoms with Gasteiger partial charge in [-0.3, -0.25) is 0 Å². The molecule has 23 heavy (non-hydrogen) atoms. The standard InChI is InChI=1S/C18H39NO2S2/c1-6-7-8-9-10-11-12-13-14-15-16-23(20,21)19-22(17(2)3)18(4)5/h17-18H,6-16H2,1-5H3. The van der Waals surface area contributed by atoms with E-state index in [4.69, 9.17) is 0 Å². The smallest absolute Gasteiger partial charge is 0.204 e. The van der Waals surface area contributed by atoms with Gasteiger partial charge < -0.3 is 0 Å². The summed E-state index contributed by atoms with van der Waals surface area (Å²) in [4.78, 5) is 0. The fourth-order valence-electron chi connectivity index (χ4n) is 2.66. The molecule has 0 aromatic carbocycles. The summed E-state index contributed by atoms with van der Waals surface area (Å²) in [7, 11) is -3.62. The quantitative estimate of drug-likeness (QED) is 0.362. The third-order valence-corrected chi connectivity index (χ3v) is 8.25. The lowest BCUT2D eigenvalue weighted by atomic mass is 10.1. The van der Waals surface area contributed by atoms with Gasteiger partial charge in [0.1, 0.15) is 0 Å². The number of hydrogen-bond acceptors (Lipinski definition) is 2. The van der Waals surface area contributed by atoms with E-state index < -0.39 is 10.0 Å². The van der Waals surface area contributed by atoms with Crippen molar-refractivity contribution in [2.75, 3.05) is 5.75 Å². The van der Waals surface area contributed by atoms with Crippen molar-refractivity contribution in [2.45, 2.75) is 109 Å². The number of hydrogen-bond donors (Lipinski definition) is 0. The SMILES string of the molecule is CCCCCCCCCCCCS(=O)(=O)N=S(C(C)C)C(C)C. The molecule has 0 aromatic rings. The predicted molar refractivity (Wildman–Crippen MR) is 106 cm³/mol. The molecular weight excluding hydrogens is 326 g/mol. The Bertz CT molecular complexity index is 405. The summed E-state index contributed by atoms with van der Waals surface area (Å²) in [5.41, 5.74) is 0. The van der Waals surface area contributed by atoms with Crippen LogP contribution in [-0.4, -0.2) is 24.7 Å². The minimum absolute atomic E-state index is 0.229. The zero-order chi connectivity index (χ0) is 17.7. The Labute approximate surface area is 148 Å². The van der Waals surface area contributed by atoms with E-state index in [1.165, 1.54) is 44.9 Å². The molecule has 0 bridgehead atoms. The molecule has 0 aliphatic rings. The molecule has 0 unspecified atom stereocenters. The van der Waals surface area contributed by atoms with Crippen LogP contribution in [0.2, 0.25) is 0 Å². The third kappa shape index (κ3) is 13.1. The average Bonchev–Trinajstić information content (AvgIpc) is 2.46. The Morgan fingerprint density at radius 2 is 1.13 bits per heavy atom. The fraction of sp³-hybridized carbons (Fsp3) is 1.00. The second-order valence-electron chi connectivity index (χ2n) is 6.99. The molecule has 0 N–H and O–H groups in total. The van der Waals surface area contributed by atoms with Crippen LogP contribution in [0.4, 0.5) is 0 Å². The van der Waals surface area contributed by atoms with Gasteiger partial charge in [-0.05, 0) is 6.42 Å². The summed E-state index contributed by atoms with van der Waals surface area (Å²) < 4.78 is 28.4. The Morgan fingerprint density at radius 3 is 1.52 bits per heavy atom. The van der Waals surface area contributed by atoms with Gasteiger partial charge in [-0.1, -0.05) is 103 Å². The van der Waals surface area contributed by atoms with Gasteiger partial charge >= 0.3 is 0 Å². The van der Waals surface area contributed by atoms with Gasteiger partial charge in [0.05, 0.1) is 5.75 Å². The van der Waals surface area contributed by atoms with Crippen molar-refractivity contribution in [1.29, 1.82) is 0 Å². The van der Waals surface area contributed by atoms with Crippen LogP contribution in [0, 0.1) is 0 Å². The molecule has 3 nitrogen and oxygen atoms in total. The first kappa shape index (κ1) is 23.1. The maximum absolute atomic E-state index is 12.1. The lowest BCUT2D eigenvalue weighted by molar-refractivity contribution is 0.558. The van der Waals surface area contributed by atoms with Gasteiger partial charge in [0, 0.05) is 10.5 Å². The highest BCUT2D eigenvalue weighted by Crippen LogP contribution is 2.13. The van der Waals surface area contributed by atoms with Crippen LogP contribution in [0.1, 0.15) is 98.8 Å². The van der Waals surface area contributed by atoms with Crippen LogP contribution in [0.3, 0.4) is 0 Å². The van der Waals surface area contributed by atoms with Crippen molar-refractivity contribution in [3.63, 3.8) is 0 Å². The lowest BCUT2D eigenvalue weighted by Gasteiger charge is -2.15. The summed E-state index contributed by atoms with van der Waals surface area (Å²) in [6, 6.07) is 0. The van der Waals surface area contributed by atoms with Crippen molar-refractivity contribution in [1.82, 2.24) is 0 Å². The third-order valence-electron chi connectivity index (χ3n) is 3.92. The summed E-state index contributed by atoms with van der Waals surface area (Å²) in [6.45, 7) is 10.5. The van der Waals surface area contributed by atoms with E-state index in [1.807, 2.05) is 0 Å². The Balaban J connectivity index is 3.89. The minimum Gasteiger partial charge on any atom is -0.204 e. The fourth-order valence-corrected chi connectivity index (χ4v) is 7.04. The molecule has 0 radical (unpaired) electrons. The van der Waals surface area contributed by atoms with E-state index in [0.717, 1.165) is 19.3 Å². The molecule has 0 aliphatic heterocycles. The predicted octanol–water partition coefficient (Wildman–Crippen LogP) is 5.86. The molecule has 0 rings (SSSR count). The second kappa shape index (κ2) is 13.4. The van der Waals surface area contributed by atoms with Crippen LogP contribution in [0.15, 0.2) is 3.77 Å². The van der Waals surface area contributed by atoms with Gasteiger partial charge in [-0.15, -0.1) is 3.77 Å². The van der Waals surface area contributed by atoms with Crippen LogP contribution in [-0.2, 0) is 20.7 Å². The highest BCUT2D eigenvalue weighted by Gasteiger charge is 2.14. The average molecular weight is 366 g/mol. The Morgan fingerprint density at radius 1 is 0.739 bits per heavy atom. The maximum Gasteiger partial charge on any atom is 0.258 e. The summed E-state index contributed by atoms with van der Waals surface area (Å²) in [5, 5.41) is 0.606. The number of nitrogens with zero attached hydrogens (tertiary/aromatic N) is 1. The molecule has 0 heterocycles. The molecule has 0 atom stereocenters. The van der Waals surface area contributed by atoms with Crippen molar-refractivity contribution >= 4 is 20.7 Å². The minimum atomic E-state index is -3.24. The van der Waals surface area contributed by atoms with Crippen molar-refractivity contribution < 1.29 is 8.42 Å². The molecule has 0 aliphatic carbocycles. The Hall–Kier alpha value is 0.1000. The van der Waals surface area contributed by atoms with Crippen LogP contribution >= 0.6 is 0 Å². The lowest BCUT2D eigenvalue weighted by Crippen LogP contribution is -2.18. The van der Waals surface area contributed by atoms with Crippen LogP contribution in [0.5, 0.6) is 0 Å². The van der Waals surface area contributed by atoms with Gasteiger partial charge in [0.2, 0.25) is 0 Å². The molecule has 5 heteroatoms. The normalized spacial score (nSPS) is 12.5. The summed E-state index contributed by atoms with van der Waals surface area (Å²) in [5.74, 6) is 0.229. The van der Waals surface area contributed by atoms with Crippen molar-refractivity contribution in [2.24, 2.45) is 3.77 Å². The monoisotopic (exact) mass is 365 g/mol. The first-order valence-corrected chi connectivity index (χ1v) is 12.4. The number of sulfonamides is 1. The van der Waals surface area contributed by atoms with Gasteiger partial charge in [0.15, 0.2) is 0 Å². The first-order chi connectivity index (χ1) is 10.8. The summed E-state index contributed by atoms with van der Waals surface area (Å²) >= 11 is 0. The number of unbranched alkanes of at least 4 members (excludes halogenated alkanes) is 9. The highest BCUT2D eigenvalue weighted by atomic mass is 32.3. The summed E-state index contributed by atoms with van der Waals surface area (Å²) in [6.07, 6.45) is 12.2. The molecule has 0 saturated carbocycles. The zero-order valence-corrected chi connectivity index (χ0v) is 17.6. The zero-order valence-electron chi connectivity index (χ0n) is 16.0. The molecule has 0 saturated heterocycles. The highest BCUT2D eigenvalue weighted by molar-refractivity contribution is 8.00. The largest absolute Gasteiger partial charge is 0.258 e. The van der Waals surface area contributed by atoms with Gasteiger partial charge in [0.25, 0.3) is 10.0 Å². The molecule has 0 aromatic heterocycles. The van der Waals surface area contributed by atoms with Gasteiger partial charge in [-0.2, -0.15) is 0 Å². The number of rotatable bonds is 14. The molecule has 0 fully saturated rings. The molecule has 0 spiro atoms. The van der Waals surface area contributed by atoms with E-state index in [1.54, 1.807) is 0 Å². The topological polar surface area (TPSA) is 46.5 Å². The van der Waals surface area contributed by atoms with Crippen molar-refractivity contribution in [3.05, 3.63) is 0 Å². The van der Waals surface area contributed by atoms with E-state index in [0.29, 0.717) is 10.5 Å². The molecule has 0 amide bonds. The second-order valence-corrected chi connectivity index (χ2v) is 11.7. The maximum atomic E-state index is 12.1.